The van der Waals surface area contributed by atoms with Crippen LogP contribution in [0.4, 0.5) is 5.69 Å². The highest BCUT2D eigenvalue weighted by molar-refractivity contribution is 6.37. The van der Waals surface area contributed by atoms with Crippen molar-refractivity contribution in [2.24, 2.45) is 0 Å². The Morgan fingerprint density at radius 2 is 2.20 bits per heavy atom. The minimum atomic E-state index is -0.440. The summed E-state index contributed by atoms with van der Waals surface area (Å²) in [4.78, 5) is 16.2. The maximum Gasteiger partial charge on any atom is 0.341 e. The molecule has 0 aliphatic carbocycles. The van der Waals surface area contributed by atoms with Gasteiger partial charge in [-0.3, -0.25) is 4.98 Å². The van der Waals surface area contributed by atoms with Crippen molar-refractivity contribution in [2.75, 3.05) is 26.1 Å². The van der Waals surface area contributed by atoms with Gasteiger partial charge in [0.2, 0.25) is 0 Å². The van der Waals surface area contributed by atoms with Gasteiger partial charge in [0.05, 0.1) is 24.4 Å². The van der Waals surface area contributed by atoms with Gasteiger partial charge in [-0.05, 0) is 19.1 Å². The average Bonchev–Trinajstić information content (AvgIpc) is 2.46. The average molecular weight is 295 g/mol. The molecule has 0 atom stereocenters. The standard InChI is InChI=1S/C14H15ClN2O3/c1-4-20-14(18)8-7-17-13-10(19-3)6-5-9(15)11(13)12(8)16-2/h5-7H,4H2,1-3H3,(H,16,17). The van der Waals surface area contributed by atoms with Gasteiger partial charge in [-0.2, -0.15) is 0 Å². The van der Waals surface area contributed by atoms with Crippen molar-refractivity contribution in [3.8, 4) is 5.75 Å². The number of hydrogen-bond acceptors (Lipinski definition) is 5. The number of carbonyl (C=O) groups excluding carboxylic acids is 1. The van der Waals surface area contributed by atoms with E-state index in [1.807, 2.05) is 0 Å². The zero-order chi connectivity index (χ0) is 14.7. The van der Waals surface area contributed by atoms with Crippen LogP contribution in [0, 0.1) is 0 Å². The van der Waals surface area contributed by atoms with E-state index in [1.54, 1.807) is 33.2 Å². The highest BCUT2D eigenvalue weighted by atomic mass is 35.5. The molecule has 1 heterocycles. The maximum absolute atomic E-state index is 12.0. The number of aromatic nitrogens is 1. The van der Waals surface area contributed by atoms with Gasteiger partial charge >= 0.3 is 5.97 Å². The first kappa shape index (κ1) is 14.4. The molecule has 0 aliphatic heterocycles. The van der Waals surface area contributed by atoms with Crippen molar-refractivity contribution in [2.45, 2.75) is 6.92 Å². The fraction of sp³-hybridized carbons (Fsp3) is 0.286. The van der Waals surface area contributed by atoms with Gasteiger partial charge in [0.15, 0.2) is 0 Å². The molecule has 2 aromatic rings. The SMILES string of the molecule is CCOC(=O)c1cnc2c(OC)ccc(Cl)c2c1NC. The van der Waals surface area contributed by atoms with Gasteiger partial charge in [-0.25, -0.2) is 4.79 Å². The van der Waals surface area contributed by atoms with Crippen LogP contribution >= 0.6 is 11.6 Å². The number of hydrogen-bond donors (Lipinski definition) is 1. The summed E-state index contributed by atoms with van der Waals surface area (Å²) < 4.78 is 10.3. The lowest BCUT2D eigenvalue weighted by Gasteiger charge is -2.14. The third kappa shape index (κ3) is 2.36. The van der Waals surface area contributed by atoms with Gasteiger partial charge in [-0.15, -0.1) is 0 Å². The molecule has 5 nitrogen and oxygen atoms in total. The van der Waals surface area contributed by atoms with Gasteiger partial charge < -0.3 is 14.8 Å². The molecule has 0 spiro atoms. The first-order chi connectivity index (χ1) is 9.63. The molecule has 1 aromatic carbocycles. The number of nitrogens with one attached hydrogen (secondary N) is 1. The predicted octanol–water partition coefficient (Wildman–Crippen LogP) is 3.12. The lowest BCUT2D eigenvalue weighted by molar-refractivity contribution is 0.0527. The van der Waals surface area contributed by atoms with E-state index in [1.165, 1.54) is 6.20 Å². The number of pyridine rings is 1. The molecule has 0 fully saturated rings. The first-order valence-corrected chi connectivity index (χ1v) is 6.51. The zero-order valence-electron chi connectivity index (χ0n) is 11.5. The molecule has 106 valence electrons. The number of carbonyl (C=O) groups is 1. The van der Waals surface area contributed by atoms with Crippen molar-refractivity contribution < 1.29 is 14.3 Å². The number of rotatable bonds is 4. The summed E-state index contributed by atoms with van der Waals surface area (Å²) in [7, 11) is 3.27. The molecular weight excluding hydrogens is 280 g/mol. The maximum atomic E-state index is 12.0. The van der Waals surface area contributed by atoms with Crippen molar-refractivity contribution in [1.82, 2.24) is 4.98 Å². The highest BCUT2D eigenvalue weighted by Crippen LogP contribution is 2.36. The summed E-state index contributed by atoms with van der Waals surface area (Å²) in [5.74, 6) is 0.154. The second-order valence-corrected chi connectivity index (χ2v) is 4.40. The summed E-state index contributed by atoms with van der Waals surface area (Å²) in [5.41, 5.74) is 1.52. The van der Waals surface area contributed by atoms with E-state index in [2.05, 4.69) is 10.3 Å². The van der Waals surface area contributed by atoms with Crippen LogP contribution in [-0.4, -0.2) is 31.7 Å². The van der Waals surface area contributed by atoms with Crippen LogP contribution in [0.25, 0.3) is 10.9 Å². The number of methoxy groups -OCH3 is 1. The number of benzene rings is 1. The van der Waals surface area contributed by atoms with E-state index in [9.17, 15) is 4.79 Å². The Balaban J connectivity index is 2.76. The summed E-state index contributed by atoms with van der Waals surface area (Å²) in [5, 5.41) is 4.12. The molecule has 0 unspecified atom stereocenters. The van der Waals surface area contributed by atoms with Gasteiger partial charge in [0.25, 0.3) is 0 Å². The second kappa shape index (κ2) is 5.96. The van der Waals surface area contributed by atoms with Gasteiger partial charge in [0.1, 0.15) is 16.8 Å². The Hall–Kier alpha value is -2.01. The van der Waals surface area contributed by atoms with Crippen LogP contribution in [-0.2, 0) is 4.74 Å². The largest absolute Gasteiger partial charge is 0.494 e. The smallest absolute Gasteiger partial charge is 0.341 e. The topological polar surface area (TPSA) is 60.5 Å². The van der Waals surface area contributed by atoms with Crippen LogP contribution in [0.2, 0.25) is 5.02 Å². The second-order valence-electron chi connectivity index (χ2n) is 3.99. The number of halogens is 1. The van der Waals surface area contributed by atoms with Crippen LogP contribution in [0.3, 0.4) is 0 Å². The fourth-order valence-electron chi connectivity index (χ4n) is 2.03. The van der Waals surface area contributed by atoms with Crippen molar-refractivity contribution in [3.05, 3.63) is 28.9 Å². The Kier molecular flexibility index (Phi) is 4.29. The predicted molar refractivity (Wildman–Crippen MR) is 78.8 cm³/mol. The minimum absolute atomic E-state index is 0.297. The van der Waals surface area contributed by atoms with E-state index in [-0.39, 0.29) is 0 Å². The van der Waals surface area contributed by atoms with Crippen molar-refractivity contribution >= 4 is 34.2 Å². The number of anilines is 1. The minimum Gasteiger partial charge on any atom is -0.494 e. The molecule has 0 radical (unpaired) electrons. The monoisotopic (exact) mass is 294 g/mol. The molecule has 0 amide bonds. The van der Waals surface area contributed by atoms with Crippen LogP contribution in [0.1, 0.15) is 17.3 Å². The lowest BCUT2D eigenvalue weighted by atomic mass is 10.1. The Morgan fingerprint density at radius 3 is 2.80 bits per heavy atom. The molecule has 2 rings (SSSR count). The molecule has 1 aromatic heterocycles. The van der Waals surface area contributed by atoms with E-state index < -0.39 is 5.97 Å². The molecule has 0 bridgehead atoms. The van der Waals surface area contributed by atoms with Crippen LogP contribution in [0.15, 0.2) is 18.3 Å². The number of ether oxygens (including phenoxy) is 2. The van der Waals surface area contributed by atoms with E-state index in [4.69, 9.17) is 21.1 Å². The van der Waals surface area contributed by atoms with E-state index in [0.29, 0.717) is 39.5 Å². The van der Waals surface area contributed by atoms with Crippen LogP contribution in [0.5, 0.6) is 5.75 Å². The third-order valence-electron chi connectivity index (χ3n) is 2.90. The zero-order valence-corrected chi connectivity index (χ0v) is 12.2. The summed E-state index contributed by atoms with van der Waals surface area (Å²) in [6.45, 7) is 2.05. The van der Waals surface area contributed by atoms with E-state index >= 15 is 0 Å². The number of esters is 1. The van der Waals surface area contributed by atoms with Gasteiger partial charge in [0, 0.05) is 18.6 Å². The van der Waals surface area contributed by atoms with Crippen molar-refractivity contribution in [3.63, 3.8) is 0 Å². The molecular formula is C14H15ClN2O3. The highest BCUT2D eigenvalue weighted by Gasteiger charge is 2.19. The molecule has 20 heavy (non-hydrogen) atoms. The number of nitrogens with zero attached hydrogens (tertiary/aromatic N) is 1. The molecule has 0 saturated carbocycles. The third-order valence-corrected chi connectivity index (χ3v) is 3.21. The molecule has 6 heteroatoms. The first-order valence-electron chi connectivity index (χ1n) is 6.14. The fourth-order valence-corrected chi connectivity index (χ4v) is 2.28. The molecule has 1 N–H and O–H groups in total. The number of fused-ring (bicyclic) bond motifs is 1. The Bertz CT molecular complexity index is 658. The van der Waals surface area contributed by atoms with Crippen LogP contribution < -0.4 is 10.1 Å². The molecule has 0 saturated heterocycles. The molecule has 0 aliphatic rings. The summed E-state index contributed by atoms with van der Waals surface area (Å²) in [6, 6.07) is 3.45. The summed E-state index contributed by atoms with van der Waals surface area (Å²) in [6.07, 6.45) is 1.46. The summed E-state index contributed by atoms with van der Waals surface area (Å²) >= 11 is 6.24. The quantitative estimate of drug-likeness (QED) is 0.878. The Labute approximate surface area is 121 Å². The lowest BCUT2D eigenvalue weighted by Crippen LogP contribution is -2.09. The normalized spacial score (nSPS) is 10.4. The van der Waals surface area contributed by atoms with Gasteiger partial charge in [-0.1, -0.05) is 11.6 Å². The Morgan fingerprint density at radius 1 is 1.45 bits per heavy atom. The van der Waals surface area contributed by atoms with E-state index in [0.717, 1.165) is 0 Å². The van der Waals surface area contributed by atoms with Crippen molar-refractivity contribution in [1.29, 1.82) is 0 Å².